The van der Waals surface area contributed by atoms with Crippen molar-refractivity contribution in [3.63, 3.8) is 0 Å². The molecule has 3 nitrogen and oxygen atoms in total. The Kier molecular flexibility index (Phi) is 3.61. The monoisotopic (exact) mass is 322 g/mol. The van der Waals surface area contributed by atoms with Gasteiger partial charge in [-0.1, -0.05) is 20.8 Å². The molecule has 0 spiro atoms. The minimum Gasteiger partial charge on any atom is -0.323 e. The Labute approximate surface area is 134 Å². The highest BCUT2D eigenvalue weighted by molar-refractivity contribution is 7.71. The lowest BCUT2D eigenvalue weighted by atomic mass is 9.88. The van der Waals surface area contributed by atoms with Crippen molar-refractivity contribution in [2.75, 3.05) is 0 Å². The second kappa shape index (κ2) is 5.06. The summed E-state index contributed by atoms with van der Waals surface area (Å²) in [4.78, 5) is 18.7. The van der Waals surface area contributed by atoms with Crippen molar-refractivity contribution in [3.05, 3.63) is 25.6 Å². The van der Waals surface area contributed by atoms with Gasteiger partial charge in [0.15, 0.2) is 4.77 Å². The van der Waals surface area contributed by atoms with E-state index in [2.05, 4.69) is 32.7 Å². The third-order valence-corrected chi connectivity index (χ3v) is 6.19. The lowest BCUT2D eigenvalue weighted by Gasteiger charge is -2.29. The van der Waals surface area contributed by atoms with Crippen LogP contribution in [-0.4, -0.2) is 9.55 Å². The smallest absolute Gasteiger partial charge is 0.263 e. The Balaban J connectivity index is 2.33. The number of hydrogen-bond donors (Lipinski definition) is 1. The van der Waals surface area contributed by atoms with Gasteiger partial charge in [-0.25, -0.2) is 0 Å². The van der Waals surface area contributed by atoms with E-state index in [0.717, 1.165) is 23.1 Å². The molecule has 0 saturated heterocycles. The van der Waals surface area contributed by atoms with Crippen LogP contribution in [0.4, 0.5) is 0 Å². The largest absolute Gasteiger partial charge is 0.323 e. The van der Waals surface area contributed by atoms with Gasteiger partial charge in [-0.2, -0.15) is 0 Å². The first kappa shape index (κ1) is 15.0. The number of aromatic amines is 1. The summed E-state index contributed by atoms with van der Waals surface area (Å²) in [5.74, 6) is 0. The van der Waals surface area contributed by atoms with E-state index < -0.39 is 0 Å². The minimum atomic E-state index is -0.00497. The van der Waals surface area contributed by atoms with Gasteiger partial charge >= 0.3 is 0 Å². The van der Waals surface area contributed by atoms with E-state index in [-0.39, 0.29) is 17.0 Å². The van der Waals surface area contributed by atoms with Gasteiger partial charge in [-0.15, -0.1) is 11.3 Å². The Morgan fingerprint density at radius 2 is 1.95 bits per heavy atom. The number of nitrogens with one attached hydrogen (secondary N) is 1. The highest BCUT2D eigenvalue weighted by Gasteiger charge is 2.26. The van der Waals surface area contributed by atoms with Gasteiger partial charge in [0.25, 0.3) is 5.56 Å². The molecule has 1 unspecified atom stereocenters. The molecule has 0 fully saturated rings. The minimum absolute atomic E-state index is 0.00497. The number of nitrogens with zero attached hydrogens (tertiary/aromatic N) is 1. The SMILES string of the molecule is CC(n1c(=S)[nH]c2sc3c(c2c1=O)CCCC3)C(C)(C)C. The molecule has 2 aromatic rings. The fraction of sp³-hybridized carbons (Fsp3) is 0.625. The molecular weight excluding hydrogens is 300 g/mol. The van der Waals surface area contributed by atoms with Crippen LogP contribution in [0.5, 0.6) is 0 Å². The first-order valence-corrected chi connectivity index (χ1v) is 8.82. The fourth-order valence-corrected chi connectivity index (χ4v) is 4.68. The highest BCUT2D eigenvalue weighted by atomic mass is 32.1. The number of hydrogen-bond acceptors (Lipinski definition) is 3. The number of H-pyrrole nitrogens is 1. The summed E-state index contributed by atoms with van der Waals surface area (Å²) < 4.78 is 2.33. The topological polar surface area (TPSA) is 37.8 Å². The number of thiophene rings is 1. The molecule has 3 rings (SSSR count). The summed E-state index contributed by atoms with van der Waals surface area (Å²) in [5.41, 5.74) is 1.36. The number of fused-ring (bicyclic) bond motifs is 3. The van der Waals surface area contributed by atoms with Gasteiger partial charge in [0.1, 0.15) is 4.83 Å². The maximum atomic E-state index is 13.1. The highest BCUT2D eigenvalue weighted by Crippen LogP contribution is 2.35. The van der Waals surface area contributed by atoms with Crippen LogP contribution < -0.4 is 5.56 Å². The van der Waals surface area contributed by atoms with Gasteiger partial charge in [0, 0.05) is 10.9 Å². The van der Waals surface area contributed by atoms with Crippen LogP contribution in [0.15, 0.2) is 4.79 Å². The number of aromatic nitrogens is 2. The Morgan fingerprint density at radius 3 is 2.62 bits per heavy atom. The van der Waals surface area contributed by atoms with Crippen LogP contribution in [-0.2, 0) is 12.8 Å². The molecule has 0 bridgehead atoms. The molecule has 1 atom stereocenters. The zero-order valence-corrected chi connectivity index (χ0v) is 14.7. The second-order valence-corrected chi connectivity index (χ2v) is 8.55. The summed E-state index contributed by atoms with van der Waals surface area (Å²) in [6.07, 6.45) is 4.54. The molecule has 1 aliphatic carbocycles. The predicted molar refractivity (Wildman–Crippen MR) is 92.1 cm³/mol. The summed E-state index contributed by atoms with van der Waals surface area (Å²) in [6, 6.07) is 0.0669. The van der Waals surface area contributed by atoms with Gasteiger partial charge in [0.2, 0.25) is 0 Å². The Bertz CT molecular complexity index is 805. The number of rotatable bonds is 1. The molecule has 0 aromatic carbocycles. The second-order valence-electron chi connectivity index (χ2n) is 7.06. The van der Waals surface area contributed by atoms with Crippen molar-refractivity contribution in [1.82, 2.24) is 9.55 Å². The summed E-state index contributed by atoms with van der Waals surface area (Å²) in [7, 11) is 0. The van der Waals surface area contributed by atoms with Crippen LogP contribution in [0.2, 0.25) is 0 Å². The first-order valence-electron chi connectivity index (χ1n) is 7.60. The van der Waals surface area contributed by atoms with E-state index in [1.165, 1.54) is 23.3 Å². The van der Waals surface area contributed by atoms with Crippen LogP contribution in [0, 0.1) is 10.2 Å². The van der Waals surface area contributed by atoms with Gasteiger partial charge < -0.3 is 4.98 Å². The standard InChI is InChI=1S/C16H22N2OS2/c1-9(16(2,3)4)18-14(19)12-10-7-5-6-8-11(10)21-13(12)17-15(18)20/h9H,5-8H2,1-4H3,(H,17,20). The first-order chi connectivity index (χ1) is 9.80. The van der Waals surface area contributed by atoms with Gasteiger partial charge in [0.05, 0.1) is 5.39 Å². The van der Waals surface area contributed by atoms with E-state index in [1.807, 2.05) is 0 Å². The number of aryl methyl sites for hydroxylation is 2. The van der Waals surface area contributed by atoms with Crippen molar-refractivity contribution in [1.29, 1.82) is 0 Å². The lowest BCUT2D eigenvalue weighted by molar-refractivity contribution is 0.254. The molecule has 0 amide bonds. The molecule has 2 heterocycles. The molecule has 1 aliphatic rings. The van der Waals surface area contributed by atoms with E-state index >= 15 is 0 Å². The zero-order valence-electron chi connectivity index (χ0n) is 13.1. The van der Waals surface area contributed by atoms with Gasteiger partial charge in [-0.3, -0.25) is 9.36 Å². The Hall–Kier alpha value is -0.940. The van der Waals surface area contributed by atoms with Crippen LogP contribution >= 0.6 is 23.6 Å². The Morgan fingerprint density at radius 1 is 1.29 bits per heavy atom. The van der Waals surface area contributed by atoms with E-state index in [4.69, 9.17) is 12.2 Å². The normalized spacial score (nSPS) is 17.0. The summed E-state index contributed by atoms with van der Waals surface area (Å²) in [5, 5.41) is 0.888. The average molecular weight is 322 g/mol. The van der Waals surface area contributed by atoms with Crippen molar-refractivity contribution < 1.29 is 0 Å². The lowest BCUT2D eigenvalue weighted by Crippen LogP contribution is -2.32. The molecule has 5 heteroatoms. The molecule has 2 aromatic heterocycles. The maximum absolute atomic E-state index is 13.1. The van der Waals surface area contributed by atoms with Crippen molar-refractivity contribution in [2.24, 2.45) is 5.41 Å². The maximum Gasteiger partial charge on any atom is 0.263 e. The van der Waals surface area contributed by atoms with E-state index in [1.54, 1.807) is 15.9 Å². The molecule has 0 saturated carbocycles. The van der Waals surface area contributed by atoms with Crippen molar-refractivity contribution >= 4 is 33.8 Å². The van der Waals surface area contributed by atoms with Crippen molar-refractivity contribution in [3.8, 4) is 0 Å². The molecule has 21 heavy (non-hydrogen) atoms. The third kappa shape index (κ3) is 2.40. The molecule has 0 aliphatic heterocycles. The molecular formula is C16H22N2OS2. The van der Waals surface area contributed by atoms with Crippen LogP contribution in [0.3, 0.4) is 0 Å². The van der Waals surface area contributed by atoms with Crippen molar-refractivity contribution in [2.45, 2.75) is 59.4 Å². The molecule has 0 radical (unpaired) electrons. The van der Waals surface area contributed by atoms with Crippen LogP contribution in [0.1, 0.15) is 57.0 Å². The zero-order chi connectivity index (χ0) is 15.4. The van der Waals surface area contributed by atoms with Crippen LogP contribution in [0.25, 0.3) is 10.2 Å². The third-order valence-electron chi connectivity index (χ3n) is 4.68. The van der Waals surface area contributed by atoms with Gasteiger partial charge in [-0.05, 0) is 55.8 Å². The van der Waals surface area contributed by atoms with E-state index in [0.29, 0.717) is 4.77 Å². The quantitative estimate of drug-likeness (QED) is 0.779. The predicted octanol–water partition coefficient (Wildman–Crippen LogP) is 4.61. The molecule has 1 N–H and O–H groups in total. The van der Waals surface area contributed by atoms with E-state index in [9.17, 15) is 4.79 Å². The fourth-order valence-electron chi connectivity index (χ4n) is 2.99. The average Bonchev–Trinajstić information content (AvgIpc) is 2.75. The summed E-state index contributed by atoms with van der Waals surface area (Å²) in [6.45, 7) is 8.51. The molecule has 114 valence electrons. The summed E-state index contributed by atoms with van der Waals surface area (Å²) >= 11 is 7.19.